The first kappa shape index (κ1) is 9.13. The Balaban J connectivity index is 2.90. The van der Waals surface area contributed by atoms with E-state index in [4.69, 9.17) is 11.5 Å². The summed E-state index contributed by atoms with van der Waals surface area (Å²) in [7, 11) is 0. The van der Waals surface area contributed by atoms with E-state index in [2.05, 4.69) is 9.97 Å². The van der Waals surface area contributed by atoms with Crippen LogP contribution in [0.1, 0.15) is 0 Å². The molecule has 2 aromatic heterocycles. The Kier molecular flexibility index (Phi) is 1.86. The van der Waals surface area contributed by atoms with Crippen molar-refractivity contribution in [2.75, 3.05) is 11.5 Å². The smallest absolute Gasteiger partial charge is 0.336 e. The molecule has 0 aromatic carbocycles. The van der Waals surface area contributed by atoms with Crippen molar-refractivity contribution in [2.24, 2.45) is 0 Å². The van der Waals surface area contributed by atoms with E-state index in [0.29, 0.717) is 11.0 Å². The zero-order valence-corrected chi connectivity index (χ0v) is 7.54. The number of nitrogens with two attached hydrogens (primary N) is 2. The molecule has 15 heavy (non-hydrogen) atoms. The van der Waals surface area contributed by atoms with Gasteiger partial charge in [-0.25, -0.2) is 4.98 Å². The van der Waals surface area contributed by atoms with Gasteiger partial charge in [-0.1, -0.05) is 0 Å². The number of pyridine rings is 2. The normalized spacial score (nSPS) is 10.4. The van der Waals surface area contributed by atoms with Crippen LogP contribution < -0.4 is 11.5 Å². The lowest BCUT2D eigenvalue weighted by atomic mass is 10.2. The Morgan fingerprint density at radius 3 is 2.80 bits per heavy atom. The molecule has 7 heteroatoms. The molecule has 0 amide bonds. The molecule has 0 spiro atoms. The SMILES string of the molecule is Nc1nc2cccnc2c(N)c1[N+](=O)[O-]. The predicted octanol–water partition coefficient (Wildman–Crippen LogP) is 0.702. The van der Waals surface area contributed by atoms with E-state index in [0.717, 1.165) is 0 Å². The number of aromatic nitrogens is 2. The number of hydrogen-bond acceptors (Lipinski definition) is 6. The number of anilines is 2. The Morgan fingerprint density at radius 2 is 2.13 bits per heavy atom. The van der Waals surface area contributed by atoms with Crippen LogP contribution in [0.2, 0.25) is 0 Å². The summed E-state index contributed by atoms with van der Waals surface area (Å²) in [6.45, 7) is 0. The van der Waals surface area contributed by atoms with Gasteiger partial charge in [0.2, 0.25) is 5.82 Å². The predicted molar refractivity (Wildman–Crippen MR) is 55.0 cm³/mol. The fraction of sp³-hybridized carbons (Fsp3) is 0. The molecule has 0 atom stereocenters. The summed E-state index contributed by atoms with van der Waals surface area (Å²) in [5, 5.41) is 10.7. The van der Waals surface area contributed by atoms with Gasteiger partial charge in [-0.15, -0.1) is 0 Å². The minimum Gasteiger partial charge on any atom is -0.391 e. The number of nitro groups is 1. The standard InChI is InChI=1S/C8H7N5O2/c9-5-6-4(2-1-3-11-6)12-8(10)7(5)13(14)15/h1-3H,(H4,9,10,12). The Hall–Kier alpha value is -2.44. The molecule has 0 bridgehead atoms. The lowest BCUT2D eigenvalue weighted by Crippen LogP contribution is -2.04. The van der Waals surface area contributed by atoms with E-state index in [1.165, 1.54) is 6.20 Å². The second-order valence-corrected chi connectivity index (χ2v) is 2.89. The fourth-order valence-corrected chi connectivity index (χ4v) is 1.32. The van der Waals surface area contributed by atoms with E-state index < -0.39 is 4.92 Å². The highest BCUT2D eigenvalue weighted by Crippen LogP contribution is 2.31. The number of nitrogen functional groups attached to an aromatic ring is 2. The fourth-order valence-electron chi connectivity index (χ4n) is 1.32. The quantitative estimate of drug-likeness (QED) is 0.522. The van der Waals surface area contributed by atoms with E-state index in [-0.39, 0.29) is 17.2 Å². The average molecular weight is 205 g/mol. The second kappa shape index (κ2) is 3.05. The van der Waals surface area contributed by atoms with Crippen molar-refractivity contribution < 1.29 is 4.92 Å². The number of rotatable bonds is 1. The maximum absolute atomic E-state index is 10.7. The van der Waals surface area contributed by atoms with Gasteiger partial charge in [-0.2, -0.15) is 0 Å². The summed E-state index contributed by atoms with van der Waals surface area (Å²) >= 11 is 0. The third-order valence-electron chi connectivity index (χ3n) is 1.96. The zero-order valence-electron chi connectivity index (χ0n) is 7.54. The molecule has 76 valence electrons. The highest BCUT2D eigenvalue weighted by molar-refractivity contribution is 5.94. The molecule has 0 aliphatic rings. The second-order valence-electron chi connectivity index (χ2n) is 2.89. The molecular formula is C8H7N5O2. The lowest BCUT2D eigenvalue weighted by Gasteiger charge is -2.03. The molecule has 2 heterocycles. The first-order chi connectivity index (χ1) is 7.11. The van der Waals surface area contributed by atoms with Gasteiger partial charge in [-0.3, -0.25) is 15.1 Å². The van der Waals surface area contributed by atoms with Crippen molar-refractivity contribution in [1.82, 2.24) is 9.97 Å². The molecule has 0 radical (unpaired) electrons. The van der Waals surface area contributed by atoms with Gasteiger partial charge >= 0.3 is 5.69 Å². The van der Waals surface area contributed by atoms with E-state index in [9.17, 15) is 10.1 Å². The molecule has 0 saturated carbocycles. The van der Waals surface area contributed by atoms with Crippen LogP contribution >= 0.6 is 0 Å². The van der Waals surface area contributed by atoms with Crippen molar-refractivity contribution in [3.8, 4) is 0 Å². The summed E-state index contributed by atoms with van der Waals surface area (Å²) in [4.78, 5) is 17.8. The summed E-state index contributed by atoms with van der Waals surface area (Å²) in [6.07, 6.45) is 1.49. The van der Waals surface area contributed by atoms with Crippen LogP contribution in [0.25, 0.3) is 11.0 Å². The van der Waals surface area contributed by atoms with Gasteiger partial charge < -0.3 is 11.5 Å². The summed E-state index contributed by atoms with van der Waals surface area (Å²) in [5.74, 6) is -0.196. The molecule has 2 aromatic rings. The monoisotopic (exact) mass is 205 g/mol. The molecule has 0 aliphatic carbocycles. The van der Waals surface area contributed by atoms with Gasteiger partial charge in [0.15, 0.2) is 0 Å². The molecule has 0 unspecified atom stereocenters. The maximum atomic E-state index is 10.7. The number of nitrogens with zero attached hydrogens (tertiary/aromatic N) is 3. The molecule has 2 rings (SSSR count). The highest BCUT2D eigenvalue weighted by Gasteiger charge is 2.21. The third kappa shape index (κ3) is 1.30. The van der Waals surface area contributed by atoms with Crippen LogP contribution in [0.4, 0.5) is 17.2 Å². The van der Waals surface area contributed by atoms with Crippen molar-refractivity contribution in [2.45, 2.75) is 0 Å². The largest absolute Gasteiger partial charge is 0.391 e. The third-order valence-corrected chi connectivity index (χ3v) is 1.96. The van der Waals surface area contributed by atoms with Crippen LogP contribution in [0.15, 0.2) is 18.3 Å². The number of hydrogen-bond donors (Lipinski definition) is 2. The molecule has 0 aliphatic heterocycles. The zero-order chi connectivity index (χ0) is 11.0. The minimum atomic E-state index is -0.661. The van der Waals surface area contributed by atoms with Crippen LogP contribution in [0.5, 0.6) is 0 Å². The van der Waals surface area contributed by atoms with Crippen LogP contribution in [-0.2, 0) is 0 Å². The molecule has 7 nitrogen and oxygen atoms in total. The molecular weight excluding hydrogens is 198 g/mol. The molecule has 0 fully saturated rings. The van der Waals surface area contributed by atoms with E-state index in [1.807, 2.05) is 0 Å². The van der Waals surface area contributed by atoms with Crippen molar-refractivity contribution in [3.05, 3.63) is 28.4 Å². The van der Waals surface area contributed by atoms with Crippen molar-refractivity contribution in [3.63, 3.8) is 0 Å². The average Bonchev–Trinajstić information content (AvgIpc) is 2.17. The highest BCUT2D eigenvalue weighted by atomic mass is 16.6. The first-order valence-corrected chi connectivity index (χ1v) is 4.05. The summed E-state index contributed by atoms with van der Waals surface area (Å²) < 4.78 is 0. The molecule has 4 N–H and O–H groups in total. The minimum absolute atomic E-state index is 0.0527. The summed E-state index contributed by atoms with van der Waals surface area (Å²) in [6, 6.07) is 3.29. The Bertz CT molecular complexity index is 554. The van der Waals surface area contributed by atoms with Gasteiger partial charge in [0.25, 0.3) is 0 Å². The Morgan fingerprint density at radius 1 is 1.40 bits per heavy atom. The molecule has 0 saturated heterocycles. The lowest BCUT2D eigenvalue weighted by molar-refractivity contribution is -0.383. The van der Waals surface area contributed by atoms with E-state index in [1.54, 1.807) is 12.1 Å². The van der Waals surface area contributed by atoms with Gasteiger partial charge in [0, 0.05) is 6.20 Å². The summed E-state index contributed by atoms with van der Waals surface area (Å²) in [5.41, 5.74) is 11.3. The van der Waals surface area contributed by atoms with Gasteiger partial charge in [-0.05, 0) is 12.1 Å². The Labute approximate surface area is 83.9 Å². The first-order valence-electron chi connectivity index (χ1n) is 4.05. The number of fused-ring (bicyclic) bond motifs is 1. The van der Waals surface area contributed by atoms with Gasteiger partial charge in [0.05, 0.1) is 10.4 Å². The van der Waals surface area contributed by atoms with Crippen molar-refractivity contribution >= 4 is 28.2 Å². The topological polar surface area (TPSA) is 121 Å². The van der Waals surface area contributed by atoms with Crippen LogP contribution in [0, 0.1) is 10.1 Å². The van der Waals surface area contributed by atoms with Crippen LogP contribution in [0.3, 0.4) is 0 Å². The van der Waals surface area contributed by atoms with Crippen LogP contribution in [-0.4, -0.2) is 14.9 Å². The van der Waals surface area contributed by atoms with E-state index >= 15 is 0 Å². The maximum Gasteiger partial charge on any atom is 0.336 e. The van der Waals surface area contributed by atoms with Crippen molar-refractivity contribution in [1.29, 1.82) is 0 Å². The van der Waals surface area contributed by atoms with Gasteiger partial charge in [0.1, 0.15) is 11.2 Å².